The summed E-state index contributed by atoms with van der Waals surface area (Å²) in [6, 6.07) is 16.8. The van der Waals surface area contributed by atoms with Crippen molar-refractivity contribution in [3.05, 3.63) is 88.6 Å². The van der Waals surface area contributed by atoms with Crippen molar-refractivity contribution in [2.24, 2.45) is 5.73 Å². The van der Waals surface area contributed by atoms with Gasteiger partial charge in [0.15, 0.2) is 0 Å². The van der Waals surface area contributed by atoms with Crippen LogP contribution in [0.4, 0.5) is 4.39 Å². The van der Waals surface area contributed by atoms with Crippen LogP contribution in [0.3, 0.4) is 0 Å². The number of nitrogens with one attached hydrogen (secondary N) is 2. The minimum absolute atomic E-state index is 0.227. The molecule has 0 aliphatic carbocycles. The number of rotatable bonds is 8. The number of carbonyl (C=O) groups is 3. The Bertz CT molecular complexity index is 1120. The molecule has 1 heterocycles. The Morgan fingerprint density at radius 2 is 1.71 bits per heavy atom. The molecule has 0 aliphatic heterocycles. The van der Waals surface area contributed by atoms with E-state index in [1.54, 1.807) is 48.5 Å². The Labute approximate surface area is 182 Å². The van der Waals surface area contributed by atoms with Gasteiger partial charge in [0.2, 0.25) is 11.8 Å². The van der Waals surface area contributed by atoms with Crippen LogP contribution in [-0.4, -0.2) is 24.3 Å². The Kier molecular flexibility index (Phi) is 7.29. The molecule has 0 bridgehead atoms. The SMILES string of the molecule is NC(=O)CNC(=O)c1ccc(CNC(=O)C=Cc2ccc(-c3ccccc3F)s2)cc1. The van der Waals surface area contributed by atoms with Gasteiger partial charge in [0, 0.05) is 33.5 Å². The van der Waals surface area contributed by atoms with Crippen molar-refractivity contribution in [1.29, 1.82) is 0 Å². The summed E-state index contributed by atoms with van der Waals surface area (Å²) >= 11 is 1.39. The lowest BCUT2D eigenvalue weighted by Crippen LogP contribution is -2.33. The summed E-state index contributed by atoms with van der Waals surface area (Å²) in [4.78, 5) is 36.3. The van der Waals surface area contributed by atoms with E-state index in [0.717, 1.165) is 15.3 Å². The van der Waals surface area contributed by atoms with Crippen LogP contribution in [0.15, 0.2) is 66.7 Å². The van der Waals surface area contributed by atoms with Crippen LogP contribution < -0.4 is 16.4 Å². The van der Waals surface area contributed by atoms with Gasteiger partial charge >= 0.3 is 0 Å². The molecule has 158 valence electrons. The number of thiophene rings is 1. The molecule has 3 aromatic rings. The molecule has 8 heteroatoms. The topological polar surface area (TPSA) is 101 Å². The Morgan fingerprint density at radius 3 is 2.42 bits per heavy atom. The number of carbonyl (C=O) groups excluding carboxylic acids is 3. The van der Waals surface area contributed by atoms with E-state index in [4.69, 9.17) is 5.73 Å². The van der Waals surface area contributed by atoms with Crippen molar-refractivity contribution in [2.75, 3.05) is 6.54 Å². The van der Waals surface area contributed by atoms with Gasteiger partial charge in [0.1, 0.15) is 5.82 Å². The van der Waals surface area contributed by atoms with E-state index in [0.29, 0.717) is 11.1 Å². The van der Waals surface area contributed by atoms with Crippen molar-refractivity contribution < 1.29 is 18.8 Å². The molecule has 0 unspecified atom stereocenters. The maximum absolute atomic E-state index is 13.9. The maximum atomic E-state index is 13.9. The third-order valence-corrected chi connectivity index (χ3v) is 5.35. The van der Waals surface area contributed by atoms with Crippen LogP contribution in [0.5, 0.6) is 0 Å². The molecule has 0 radical (unpaired) electrons. The van der Waals surface area contributed by atoms with Gasteiger partial charge in [-0.15, -0.1) is 11.3 Å². The lowest BCUT2D eigenvalue weighted by molar-refractivity contribution is -0.117. The van der Waals surface area contributed by atoms with Crippen molar-refractivity contribution in [3.63, 3.8) is 0 Å². The van der Waals surface area contributed by atoms with Crippen LogP contribution in [0.25, 0.3) is 16.5 Å². The van der Waals surface area contributed by atoms with Gasteiger partial charge in [-0.1, -0.05) is 30.3 Å². The summed E-state index contributed by atoms with van der Waals surface area (Å²) in [6.07, 6.45) is 3.10. The monoisotopic (exact) mass is 437 g/mol. The average Bonchev–Trinajstić information content (AvgIpc) is 3.24. The van der Waals surface area contributed by atoms with E-state index >= 15 is 0 Å². The fourth-order valence-electron chi connectivity index (χ4n) is 2.70. The average molecular weight is 437 g/mol. The molecular formula is C23H20FN3O3S. The molecule has 4 N–H and O–H groups in total. The molecule has 31 heavy (non-hydrogen) atoms. The predicted octanol–water partition coefficient (Wildman–Crippen LogP) is 3.10. The first-order valence-corrected chi connectivity index (χ1v) is 10.2. The largest absolute Gasteiger partial charge is 0.368 e. The summed E-state index contributed by atoms with van der Waals surface area (Å²) in [5, 5.41) is 5.17. The van der Waals surface area contributed by atoms with Gasteiger partial charge in [-0.3, -0.25) is 14.4 Å². The zero-order valence-corrected chi connectivity index (χ0v) is 17.2. The molecule has 3 rings (SSSR count). The van der Waals surface area contributed by atoms with E-state index in [1.807, 2.05) is 12.1 Å². The van der Waals surface area contributed by atoms with Gasteiger partial charge in [0.25, 0.3) is 5.91 Å². The second-order valence-corrected chi connectivity index (χ2v) is 7.69. The Hall–Kier alpha value is -3.78. The van der Waals surface area contributed by atoms with Gasteiger partial charge in [0.05, 0.1) is 6.54 Å². The van der Waals surface area contributed by atoms with Gasteiger partial charge in [-0.05, 0) is 42.0 Å². The molecule has 0 aliphatic rings. The molecule has 2 aromatic carbocycles. The Balaban J connectivity index is 1.51. The number of hydrogen-bond acceptors (Lipinski definition) is 4. The van der Waals surface area contributed by atoms with Crippen molar-refractivity contribution in [3.8, 4) is 10.4 Å². The minimum Gasteiger partial charge on any atom is -0.368 e. The third-order valence-electron chi connectivity index (χ3n) is 4.27. The van der Waals surface area contributed by atoms with E-state index in [2.05, 4.69) is 10.6 Å². The number of primary amides is 1. The van der Waals surface area contributed by atoms with Crippen LogP contribution in [0, 0.1) is 5.82 Å². The maximum Gasteiger partial charge on any atom is 0.251 e. The van der Waals surface area contributed by atoms with Crippen LogP contribution in [-0.2, 0) is 16.1 Å². The number of hydrogen-bond donors (Lipinski definition) is 3. The highest BCUT2D eigenvalue weighted by Gasteiger charge is 2.08. The predicted molar refractivity (Wildman–Crippen MR) is 119 cm³/mol. The van der Waals surface area contributed by atoms with E-state index in [-0.39, 0.29) is 24.8 Å². The Morgan fingerprint density at radius 1 is 0.968 bits per heavy atom. The molecular weight excluding hydrogens is 417 g/mol. The first-order chi connectivity index (χ1) is 14.9. The van der Waals surface area contributed by atoms with Gasteiger partial charge < -0.3 is 16.4 Å². The third kappa shape index (κ3) is 6.35. The van der Waals surface area contributed by atoms with Crippen molar-refractivity contribution in [2.45, 2.75) is 6.54 Å². The van der Waals surface area contributed by atoms with Crippen LogP contribution in [0.2, 0.25) is 0 Å². The molecule has 0 atom stereocenters. The summed E-state index contributed by atoms with van der Waals surface area (Å²) in [7, 11) is 0. The van der Waals surface area contributed by atoms with Crippen molar-refractivity contribution >= 4 is 35.1 Å². The molecule has 0 fully saturated rings. The normalized spacial score (nSPS) is 10.7. The second kappa shape index (κ2) is 10.3. The molecule has 6 nitrogen and oxygen atoms in total. The number of benzene rings is 2. The number of amides is 3. The quantitative estimate of drug-likeness (QED) is 0.472. The van der Waals surface area contributed by atoms with Crippen molar-refractivity contribution in [1.82, 2.24) is 10.6 Å². The van der Waals surface area contributed by atoms with E-state index in [1.165, 1.54) is 23.5 Å². The fraction of sp³-hybridized carbons (Fsp3) is 0.0870. The summed E-state index contributed by atoms with van der Waals surface area (Å²) in [5.74, 6) is -1.58. The number of nitrogens with two attached hydrogens (primary N) is 1. The summed E-state index contributed by atoms with van der Waals surface area (Å²) in [6.45, 7) is 0.0618. The van der Waals surface area contributed by atoms with E-state index in [9.17, 15) is 18.8 Å². The van der Waals surface area contributed by atoms with E-state index < -0.39 is 11.8 Å². The molecule has 0 saturated heterocycles. The highest BCUT2D eigenvalue weighted by Crippen LogP contribution is 2.30. The van der Waals surface area contributed by atoms with Crippen LogP contribution >= 0.6 is 11.3 Å². The second-order valence-electron chi connectivity index (χ2n) is 6.58. The molecule has 0 spiro atoms. The summed E-state index contributed by atoms with van der Waals surface area (Å²) in [5.41, 5.74) is 6.72. The molecule has 1 aromatic heterocycles. The highest BCUT2D eigenvalue weighted by atomic mass is 32.1. The zero-order chi connectivity index (χ0) is 22.2. The molecule has 0 saturated carbocycles. The van der Waals surface area contributed by atoms with Gasteiger partial charge in [-0.2, -0.15) is 0 Å². The van der Waals surface area contributed by atoms with Crippen LogP contribution in [0.1, 0.15) is 20.8 Å². The lowest BCUT2D eigenvalue weighted by Gasteiger charge is -2.05. The standard InChI is InChI=1S/C23H20FN3O3S/c24-19-4-2-1-3-18(19)20-11-9-17(31-20)10-12-22(29)26-13-15-5-7-16(8-6-15)23(30)27-14-21(25)28/h1-12H,13-14H2,(H2,25,28)(H,26,29)(H,27,30). The summed E-state index contributed by atoms with van der Waals surface area (Å²) < 4.78 is 13.9. The molecule has 3 amide bonds. The zero-order valence-electron chi connectivity index (χ0n) is 16.4. The fourth-order valence-corrected chi connectivity index (χ4v) is 3.64. The smallest absolute Gasteiger partial charge is 0.251 e. The van der Waals surface area contributed by atoms with Gasteiger partial charge in [-0.25, -0.2) is 4.39 Å². The minimum atomic E-state index is -0.619. The lowest BCUT2D eigenvalue weighted by atomic mass is 10.1. The first kappa shape index (κ1) is 21.9. The number of halogens is 1. The first-order valence-electron chi connectivity index (χ1n) is 9.38. The highest BCUT2D eigenvalue weighted by molar-refractivity contribution is 7.16.